The van der Waals surface area contributed by atoms with Crippen molar-refractivity contribution in [1.82, 2.24) is 9.47 Å². The number of ether oxygens (including phenoxy) is 1. The van der Waals surface area contributed by atoms with Crippen molar-refractivity contribution in [3.8, 4) is 5.69 Å². The second-order valence-corrected chi connectivity index (χ2v) is 6.14. The van der Waals surface area contributed by atoms with E-state index in [0.717, 1.165) is 11.3 Å². The van der Waals surface area contributed by atoms with E-state index in [9.17, 15) is 9.18 Å². The lowest BCUT2D eigenvalue weighted by molar-refractivity contribution is -0.128. The number of amides is 1. The lowest BCUT2D eigenvalue weighted by Gasteiger charge is -2.22. The van der Waals surface area contributed by atoms with Gasteiger partial charge < -0.3 is 14.2 Å². The van der Waals surface area contributed by atoms with Gasteiger partial charge in [-0.2, -0.15) is 0 Å². The minimum absolute atomic E-state index is 0.00235. The minimum Gasteiger partial charge on any atom is -0.383 e. The Kier molecular flexibility index (Phi) is 4.49. The molecule has 1 aromatic carbocycles. The molecule has 3 rings (SSSR count). The van der Waals surface area contributed by atoms with E-state index in [0.29, 0.717) is 18.9 Å². The van der Waals surface area contributed by atoms with E-state index >= 15 is 0 Å². The van der Waals surface area contributed by atoms with E-state index in [1.165, 1.54) is 12.1 Å². The third kappa shape index (κ3) is 3.03. The van der Waals surface area contributed by atoms with Crippen molar-refractivity contribution in [3.05, 3.63) is 54.1 Å². The van der Waals surface area contributed by atoms with Gasteiger partial charge in [-0.3, -0.25) is 4.79 Å². The molecule has 4 nitrogen and oxygen atoms in total. The molecule has 6 heteroatoms. The lowest BCUT2D eigenvalue weighted by Crippen LogP contribution is -2.31. The largest absolute Gasteiger partial charge is 0.383 e. The molecule has 2 heterocycles. The Bertz CT molecular complexity index is 674. The fraction of sp³-hybridized carbons (Fsp3) is 0.312. The van der Waals surface area contributed by atoms with Crippen LogP contribution in [-0.2, 0) is 9.53 Å². The molecule has 116 valence electrons. The summed E-state index contributed by atoms with van der Waals surface area (Å²) in [4.78, 5) is 13.8. The monoisotopic (exact) mass is 320 g/mol. The van der Waals surface area contributed by atoms with Crippen molar-refractivity contribution in [2.24, 2.45) is 0 Å². The maximum Gasteiger partial charge on any atom is 0.233 e. The number of aromatic nitrogens is 1. The normalized spacial score (nSPS) is 18.2. The van der Waals surface area contributed by atoms with Gasteiger partial charge >= 0.3 is 0 Å². The van der Waals surface area contributed by atoms with Gasteiger partial charge in [0, 0.05) is 37.3 Å². The first kappa shape index (κ1) is 15.1. The van der Waals surface area contributed by atoms with E-state index in [4.69, 9.17) is 4.74 Å². The molecule has 0 spiro atoms. The van der Waals surface area contributed by atoms with Crippen LogP contribution in [0.4, 0.5) is 4.39 Å². The number of nitrogens with zero attached hydrogens (tertiary/aromatic N) is 2. The number of rotatable bonds is 5. The molecule has 1 amide bonds. The van der Waals surface area contributed by atoms with Gasteiger partial charge in [0.25, 0.3) is 0 Å². The van der Waals surface area contributed by atoms with Crippen molar-refractivity contribution < 1.29 is 13.9 Å². The highest BCUT2D eigenvalue weighted by Gasteiger charge is 2.32. The highest BCUT2D eigenvalue weighted by atomic mass is 32.2. The van der Waals surface area contributed by atoms with Crippen LogP contribution >= 0.6 is 11.8 Å². The van der Waals surface area contributed by atoms with Gasteiger partial charge in [0.15, 0.2) is 0 Å². The van der Waals surface area contributed by atoms with E-state index in [2.05, 4.69) is 0 Å². The number of hydrogen-bond donors (Lipinski definition) is 0. The molecule has 1 aliphatic rings. The molecule has 0 radical (unpaired) electrons. The van der Waals surface area contributed by atoms with Gasteiger partial charge in [-0.1, -0.05) is 6.07 Å². The topological polar surface area (TPSA) is 34.5 Å². The summed E-state index contributed by atoms with van der Waals surface area (Å²) in [6, 6.07) is 8.41. The van der Waals surface area contributed by atoms with E-state index in [-0.39, 0.29) is 17.1 Å². The van der Waals surface area contributed by atoms with Crippen LogP contribution in [-0.4, -0.2) is 41.4 Å². The van der Waals surface area contributed by atoms with Crippen molar-refractivity contribution in [2.45, 2.75) is 5.37 Å². The Hall–Kier alpha value is -1.79. The first-order valence-electron chi connectivity index (χ1n) is 7.03. The molecule has 1 atom stereocenters. The quantitative estimate of drug-likeness (QED) is 0.849. The molecule has 0 bridgehead atoms. The SMILES string of the molecule is COCCN1C(=O)CS[C@H]1c1ccn(-c2cccc(F)c2)c1. The van der Waals surface area contributed by atoms with Crippen LogP contribution in [0.1, 0.15) is 10.9 Å². The highest BCUT2D eigenvalue weighted by Crippen LogP contribution is 2.38. The van der Waals surface area contributed by atoms with Crippen molar-refractivity contribution in [1.29, 1.82) is 0 Å². The minimum atomic E-state index is -0.264. The first-order valence-corrected chi connectivity index (χ1v) is 8.08. The Morgan fingerprint density at radius 3 is 3.05 bits per heavy atom. The molecule has 1 saturated heterocycles. The first-order chi connectivity index (χ1) is 10.7. The summed E-state index contributed by atoms with van der Waals surface area (Å²) in [7, 11) is 1.63. The third-order valence-corrected chi connectivity index (χ3v) is 4.87. The van der Waals surface area contributed by atoms with Crippen LogP contribution in [0.5, 0.6) is 0 Å². The van der Waals surface area contributed by atoms with E-state index in [1.54, 1.807) is 24.9 Å². The predicted molar refractivity (Wildman–Crippen MR) is 84.5 cm³/mol. The molecule has 2 aromatic rings. The van der Waals surface area contributed by atoms with Crippen LogP contribution in [0.25, 0.3) is 5.69 Å². The molecular weight excluding hydrogens is 303 g/mol. The van der Waals surface area contributed by atoms with Crippen LogP contribution in [0, 0.1) is 5.82 Å². The summed E-state index contributed by atoms with van der Waals surface area (Å²) in [6.07, 6.45) is 3.84. The van der Waals surface area contributed by atoms with Crippen LogP contribution in [0.15, 0.2) is 42.7 Å². The molecule has 0 saturated carbocycles. The van der Waals surface area contributed by atoms with Crippen LogP contribution in [0.2, 0.25) is 0 Å². The van der Waals surface area contributed by atoms with Gasteiger partial charge in [-0.25, -0.2) is 4.39 Å². The number of benzene rings is 1. The Morgan fingerprint density at radius 1 is 1.41 bits per heavy atom. The van der Waals surface area contributed by atoms with Gasteiger partial charge in [-0.05, 0) is 24.3 Å². The van der Waals surface area contributed by atoms with Crippen molar-refractivity contribution >= 4 is 17.7 Å². The number of hydrogen-bond acceptors (Lipinski definition) is 3. The molecular formula is C16H17FN2O2S. The summed E-state index contributed by atoms with van der Waals surface area (Å²) in [5.41, 5.74) is 1.81. The van der Waals surface area contributed by atoms with Crippen molar-refractivity contribution in [3.63, 3.8) is 0 Å². The number of carbonyl (C=O) groups excluding carboxylic acids is 1. The van der Waals surface area contributed by atoms with Crippen molar-refractivity contribution in [2.75, 3.05) is 26.0 Å². The van der Waals surface area contributed by atoms with Gasteiger partial charge in [-0.15, -0.1) is 11.8 Å². The maximum atomic E-state index is 13.3. The Balaban J connectivity index is 1.82. The fourth-order valence-corrected chi connectivity index (χ4v) is 3.72. The molecule has 1 fully saturated rings. The highest BCUT2D eigenvalue weighted by molar-refractivity contribution is 8.00. The summed E-state index contributed by atoms with van der Waals surface area (Å²) in [6.45, 7) is 1.10. The fourth-order valence-electron chi connectivity index (χ4n) is 2.52. The average Bonchev–Trinajstić information content (AvgIpc) is 3.12. The summed E-state index contributed by atoms with van der Waals surface area (Å²) in [5.74, 6) is 0.352. The second kappa shape index (κ2) is 6.54. The standard InChI is InChI=1S/C16H17FN2O2S/c1-21-8-7-19-15(20)11-22-16(19)12-5-6-18(10-12)14-4-2-3-13(17)9-14/h2-6,9-10,16H,7-8,11H2,1H3/t16-/m0/s1. The van der Waals surface area contributed by atoms with E-state index < -0.39 is 0 Å². The molecule has 0 unspecified atom stereocenters. The number of carbonyl (C=O) groups is 1. The summed E-state index contributed by atoms with van der Waals surface area (Å²) >= 11 is 1.61. The number of halogens is 1. The number of methoxy groups -OCH3 is 1. The second-order valence-electron chi connectivity index (χ2n) is 5.08. The van der Waals surface area contributed by atoms with Gasteiger partial charge in [0.1, 0.15) is 11.2 Å². The average molecular weight is 320 g/mol. The zero-order chi connectivity index (χ0) is 15.5. The Labute approximate surface area is 132 Å². The Morgan fingerprint density at radius 2 is 2.27 bits per heavy atom. The molecule has 1 aromatic heterocycles. The molecule has 1 aliphatic heterocycles. The molecule has 0 aliphatic carbocycles. The smallest absolute Gasteiger partial charge is 0.233 e. The van der Waals surface area contributed by atoms with E-state index in [1.807, 2.05) is 34.0 Å². The predicted octanol–water partition coefficient (Wildman–Crippen LogP) is 2.84. The molecule has 22 heavy (non-hydrogen) atoms. The van der Waals surface area contributed by atoms with Gasteiger partial charge in [0.05, 0.1) is 12.4 Å². The zero-order valence-corrected chi connectivity index (χ0v) is 13.1. The lowest BCUT2D eigenvalue weighted by atomic mass is 10.3. The summed E-state index contributed by atoms with van der Waals surface area (Å²) < 4.78 is 20.3. The third-order valence-electron chi connectivity index (χ3n) is 3.61. The van der Waals surface area contributed by atoms with Crippen LogP contribution in [0.3, 0.4) is 0 Å². The summed E-state index contributed by atoms with van der Waals surface area (Å²) in [5, 5.41) is -0.00235. The molecule has 0 N–H and O–H groups in total. The number of thioether (sulfide) groups is 1. The van der Waals surface area contributed by atoms with Gasteiger partial charge in [0.2, 0.25) is 5.91 Å². The maximum absolute atomic E-state index is 13.3. The van der Waals surface area contributed by atoms with Crippen LogP contribution < -0.4 is 0 Å². The zero-order valence-electron chi connectivity index (χ0n) is 12.2.